The summed E-state index contributed by atoms with van der Waals surface area (Å²) in [6, 6.07) is 8.01. The summed E-state index contributed by atoms with van der Waals surface area (Å²) in [5.74, 6) is 1.30. The van der Waals surface area contributed by atoms with Crippen molar-refractivity contribution in [2.75, 3.05) is 12.8 Å². The maximum absolute atomic E-state index is 5.97. The number of thiophene rings is 1. The highest BCUT2D eigenvalue weighted by Gasteiger charge is 2.09. The van der Waals surface area contributed by atoms with Crippen molar-refractivity contribution in [1.82, 2.24) is 19.9 Å². The van der Waals surface area contributed by atoms with Gasteiger partial charge in [-0.2, -0.15) is 0 Å². The van der Waals surface area contributed by atoms with Crippen LogP contribution < -0.4 is 5.73 Å². The summed E-state index contributed by atoms with van der Waals surface area (Å²) >= 11 is 1.59. The van der Waals surface area contributed by atoms with E-state index < -0.39 is 0 Å². The Morgan fingerprint density at radius 2 is 2.00 bits per heavy atom. The smallest absolute Gasteiger partial charge is 0.146 e. The highest BCUT2D eigenvalue weighted by molar-refractivity contribution is 7.16. The number of rotatable bonds is 4. The first-order valence-electron chi connectivity index (χ1n) is 6.72. The van der Waals surface area contributed by atoms with Crippen molar-refractivity contribution in [3.8, 4) is 0 Å². The molecule has 0 aliphatic heterocycles. The van der Waals surface area contributed by atoms with Gasteiger partial charge in [-0.25, -0.2) is 9.97 Å². The van der Waals surface area contributed by atoms with Gasteiger partial charge in [0.1, 0.15) is 16.5 Å². The summed E-state index contributed by atoms with van der Waals surface area (Å²) in [6.07, 6.45) is 0. The van der Waals surface area contributed by atoms with E-state index in [2.05, 4.69) is 19.9 Å². The van der Waals surface area contributed by atoms with E-state index in [4.69, 9.17) is 5.73 Å². The third-order valence-corrected chi connectivity index (χ3v) is 4.00. The number of nitrogen functional groups attached to an aromatic ring is 1. The van der Waals surface area contributed by atoms with Gasteiger partial charge in [-0.05, 0) is 37.6 Å². The van der Waals surface area contributed by atoms with E-state index in [9.17, 15) is 0 Å². The number of aromatic nitrogens is 3. The average molecular weight is 299 g/mol. The van der Waals surface area contributed by atoms with Crippen LogP contribution in [-0.2, 0) is 13.1 Å². The summed E-state index contributed by atoms with van der Waals surface area (Å²) in [4.78, 5) is 16.5. The number of nitrogens with zero attached hydrogens (tertiary/aromatic N) is 4. The fourth-order valence-electron chi connectivity index (χ4n) is 2.26. The first-order chi connectivity index (χ1) is 10.1. The van der Waals surface area contributed by atoms with Gasteiger partial charge >= 0.3 is 0 Å². The fourth-order valence-corrected chi connectivity index (χ4v) is 3.05. The molecule has 3 aromatic rings. The van der Waals surface area contributed by atoms with E-state index in [1.54, 1.807) is 11.3 Å². The number of anilines is 1. The lowest BCUT2D eigenvalue weighted by Crippen LogP contribution is -2.20. The van der Waals surface area contributed by atoms with Crippen molar-refractivity contribution in [2.24, 2.45) is 0 Å². The molecular formula is C15H17N5S. The largest absolute Gasteiger partial charge is 0.383 e. The lowest BCUT2D eigenvalue weighted by atomic mass is 10.3. The molecule has 0 saturated carbocycles. The zero-order valence-electron chi connectivity index (χ0n) is 12.1. The normalized spacial score (nSPS) is 11.4. The van der Waals surface area contributed by atoms with E-state index >= 15 is 0 Å². The lowest BCUT2D eigenvalue weighted by molar-refractivity contribution is 0.307. The molecule has 0 aromatic carbocycles. The van der Waals surface area contributed by atoms with Gasteiger partial charge in [0.05, 0.1) is 17.6 Å². The molecule has 0 aliphatic carbocycles. The highest BCUT2D eigenvalue weighted by atomic mass is 32.1. The van der Waals surface area contributed by atoms with E-state index in [1.165, 1.54) is 0 Å². The van der Waals surface area contributed by atoms with Crippen molar-refractivity contribution >= 4 is 27.4 Å². The van der Waals surface area contributed by atoms with Crippen molar-refractivity contribution in [2.45, 2.75) is 20.0 Å². The molecular weight excluding hydrogens is 282 g/mol. The van der Waals surface area contributed by atoms with Crippen LogP contribution in [0.2, 0.25) is 0 Å². The standard InChI is InChI=1S/C15H17N5S/c1-10-4-3-5-11(17-10)8-20(2)9-13-18-14(16)12-6-7-21-15(12)19-13/h3-7H,8-9H2,1-2H3,(H2,16,18,19). The zero-order valence-corrected chi connectivity index (χ0v) is 12.9. The molecule has 108 valence electrons. The number of fused-ring (bicyclic) bond motifs is 1. The topological polar surface area (TPSA) is 67.9 Å². The molecule has 0 fully saturated rings. The van der Waals surface area contributed by atoms with Crippen molar-refractivity contribution in [1.29, 1.82) is 0 Å². The van der Waals surface area contributed by atoms with Gasteiger partial charge in [0.2, 0.25) is 0 Å². The molecule has 0 saturated heterocycles. The first kappa shape index (κ1) is 13.9. The van der Waals surface area contributed by atoms with Crippen LogP contribution in [0.15, 0.2) is 29.6 Å². The van der Waals surface area contributed by atoms with E-state index in [0.29, 0.717) is 12.4 Å². The van der Waals surface area contributed by atoms with Crippen LogP contribution in [0.3, 0.4) is 0 Å². The first-order valence-corrected chi connectivity index (χ1v) is 7.60. The van der Waals surface area contributed by atoms with E-state index in [0.717, 1.165) is 34.0 Å². The van der Waals surface area contributed by atoms with Gasteiger partial charge in [-0.15, -0.1) is 11.3 Å². The van der Waals surface area contributed by atoms with E-state index in [1.807, 2.05) is 43.6 Å². The Kier molecular flexibility index (Phi) is 3.81. The quantitative estimate of drug-likeness (QED) is 0.802. The predicted octanol–water partition coefficient (Wildman–Crippen LogP) is 2.61. The van der Waals surface area contributed by atoms with Gasteiger partial charge in [-0.1, -0.05) is 6.07 Å². The Hall–Kier alpha value is -2.05. The second kappa shape index (κ2) is 5.75. The van der Waals surface area contributed by atoms with Gasteiger partial charge in [0.15, 0.2) is 0 Å². The van der Waals surface area contributed by atoms with Gasteiger partial charge in [0.25, 0.3) is 0 Å². The summed E-state index contributed by atoms with van der Waals surface area (Å²) < 4.78 is 0. The minimum absolute atomic E-state index is 0.554. The molecule has 21 heavy (non-hydrogen) atoms. The highest BCUT2D eigenvalue weighted by Crippen LogP contribution is 2.23. The Morgan fingerprint density at radius 3 is 2.81 bits per heavy atom. The molecule has 3 aromatic heterocycles. The number of aryl methyl sites for hydroxylation is 1. The minimum Gasteiger partial charge on any atom is -0.383 e. The average Bonchev–Trinajstić information content (AvgIpc) is 2.87. The van der Waals surface area contributed by atoms with Crippen molar-refractivity contribution in [3.05, 3.63) is 46.9 Å². The molecule has 2 N–H and O–H groups in total. The maximum atomic E-state index is 5.97. The number of nitrogens with two attached hydrogens (primary N) is 1. The predicted molar refractivity (Wildman–Crippen MR) is 86.0 cm³/mol. The Balaban J connectivity index is 1.75. The molecule has 0 bridgehead atoms. The second-order valence-corrected chi connectivity index (χ2v) is 6.00. The lowest BCUT2D eigenvalue weighted by Gasteiger charge is -2.15. The summed E-state index contributed by atoms with van der Waals surface area (Å²) in [5, 5.41) is 2.92. The molecule has 0 atom stereocenters. The maximum Gasteiger partial charge on any atom is 0.146 e. The second-order valence-electron chi connectivity index (χ2n) is 5.11. The Bertz CT molecular complexity index is 768. The molecule has 0 unspecified atom stereocenters. The number of hydrogen-bond acceptors (Lipinski definition) is 6. The van der Waals surface area contributed by atoms with Crippen LogP contribution in [0.5, 0.6) is 0 Å². The fraction of sp³-hybridized carbons (Fsp3) is 0.267. The van der Waals surface area contributed by atoms with Crippen molar-refractivity contribution in [3.63, 3.8) is 0 Å². The third kappa shape index (κ3) is 3.17. The molecule has 3 heterocycles. The van der Waals surface area contributed by atoms with Gasteiger partial charge in [-0.3, -0.25) is 9.88 Å². The summed E-state index contributed by atoms with van der Waals surface area (Å²) in [5.41, 5.74) is 8.05. The summed E-state index contributed by atoms with van der Waals surface area (Å²) in [7, 11) is 2.03. The van der Waals surface area contributed by atoms with Crippen LogP contribution in [0.25, 0.3) is 10.2 Å². The Labute approximate surface area is 127 Å². The number of pyridine rings is 1. The molecule has 6 heteroatoms. The van der Waals surface area contributed by atoms with Crippen LogP contribution in [-0.4, -0.2) is 26.9 Å². The Morgan fingerprint density at radius 1 is 1.14 bits per heavy atom. The van der Waals surface area contributed by atoms with E-state index in [-0.39, 0.29) is 0 Å². The molecule has 0 amide bonds. The van der Waals surface area contributed by atoms with Crippen molar-refractivity contribution < 1.29 is 0 Å². The SMILES string of the molecule is Cc1cccc(CN(C)Cc2nc(N)c3ccsc3n2)n1. The molecule has 0 aliphatic rings. The minimum atomic E-state index is 0.554. The van der Waals surface area contributed by atoms with Crippen LogP contribution in [0.4, 0.5) is 5.82 Å². The van der Waals surface area contributed by atoms with Crippen LogP contribution in [0.1, 0.15) is 17.2 Å². The molecule has 0 spiro atoms. The molecule has 0 radical (unpaired) electrons. The summed E-state index contributed by atoms with van der Waals surface area (Å²) in [6.45, 7) is 3.40. The monoisotopic (exact) mass is 299 g/mol. The third-order valence-electron chi connectivity index (χ3n) is 3.19. The van der Waals surface area contributed by atoms with Crippen LogP contribution in [0, 0.1) is 6.92 Å². The van der Waals surface area contributed by atoms with Gasteiger partial charge < -0.3 is 5.73 Å². The molecule has 5 nitrogen and oxygen atoms in total. The van der Waals surface area contributed by atoms with Gasteiger partial charge in [0, 0.05) is 12.2 Å². The molecule has 3 rings (SSSR count). The van der Waals surface area contributed by atoms with Crippen LogP contribution >= 0.6 is 11.3 Å². The zero-order chi connectivity index (χ0) is 14.8. The number of hydrogen-bond donors (Lipinski definition) is 1.